The fourth-order valence-corrected chi connectivity index (χ4v) is 5.49. The second kappa shape index (κ2) is 11.2. The molecule has 1 aliphatic heterocycles. The number of aliphatic hydroxyl groups excluding tert-OH is 1. The van der Waals surface area contributed by atoms with E-state index in [4.69, 9.17) is 4.74 Å². The lowest BCUT2D eigenvalue weighted by Crippen LogP contribution is -2.39. The molecule has 1 saturated heterocycles. The van der Waals surface area contributed by atoms with Crippen molar-refractivity contribution in [3.05, 3.63) is 41.6 Å². The Morgan fingerprint density at radius 1 is 1.32 bits per heavy atom. The normalized spacial score (nSPS) is 30.3. The van der Waals surface area contributed by atoms with E-state index in [0.717, 1.165) is 30.4 Å². The minimum absolute atomic E-state index is 0.0986. The first-order valence-electron chi connectivity index (χ1n) is 11.8. The molecule has 31 heavy (non-hydrogen) atoms. The van der Waals surface area contributed by atoms with Crippen molar-refractivity contribution >= 4 is 12.6 Å². The van der Waals surface area contributed by atoms with Crippen LogP contribution in [0.5, 0.6) is 0 Å². The van der Waals surface area contributed by atoms with Crippen molar-refractivity contribution < 1.29 is 23.6 Å². The summed E-state index contributed by atoms with van der Waals surface area (Å²) < 4.78 is 21.4. The van der Waals surface area contributed by atoms with E-state index in [-0.39, 0.29) is 23.9 Å². The van der Waals surface area contributed by atoms with Crippen LogP contribution in [0.3, 0.4) is 0 Å². The predicted octanol–water partition coefficient (Wildman–Crippen LogP) is 5.09. The number of ether oxygens (including phenoxy) is 1. The number of hydrogen-bond acceptors (Lipinski definition) is 3. The summed E-state index contributed by atoms with van der Waals surface area (Å²) in [6.07, 6.45) is 13.0. The second-order valence-electron chi connectivity index (χ2n) is 9.31. The predicted molar refractivity (Wildman–Crippen MR) is 120 cm³/mol. The number of amides is 1. The molecule has 3 rings (SSSR count). The molecule has 6 unspecified atom stereocenters. The number of rotatable bonds is 7. The maximum absolute atomic E-state index is 14.1. The van der Waals surface area contributed by atoms with Crippen LogP contribution in [0.2, 0.25) is 0 Å². The molecule has 1 amide bonds. The summed E-state index contributed by atoms with van der Waals surface area (Å²) in [5.74, 6) is 0.857. The third-order valence-corrected chi connectivity index (χ3v) is 7.54. The van der Waals surface area contributed by atoms with Gasteiger partial charge in [0.05, 0.1) is 25.2 Å². The number of carbonyl (C=O) groups excluding carboxylic acids is 1. The zero-order chi connectivity index (χ0) is 22.4. The van der Waals surface area contributed by atoms with Crippen molar-refractivity contribution in [2.75, 3.05) is 6.61 Å². The Kier molecular flexibility index (Phi) is 8.59. The average Bonchev–Trinajstić information content (AvgIpc) is 3.13. The Balaban J connectivity index is 1.56. The van der Waals surface area contributed by atoms with E-state index in [0.29, 0.717) is 30.3 Å². The van der Waals surface area contributed by atoms with Crippen molar-refractivity contribution in [3.63, 3.8) is 0 Å². The first-order valence-corrected chi connectivity index (χ1v) is 11.8. The molecule has 0 bridgehead atoms. The second-order valence-corrected chi connectivity index (χ2v) is 9.31. The molecule has 1 saturated carbocycles. The zero-order valence-corrected chi connectivity index (χ0v) is 18.9. The van der Waals surface area contributed by atoms with Crippen LogP contribution in [-0.2, 0) is 9.53 Å². The van der Waals surface area contributed by atoms with Gasteiger partial charge < -0.3 is 9.84 Å². The molecule has 170 valence electrons. The number of fused-ring (bicyclic) bond motifs is 1. The molecule has 3 aliphatic rings. The van der Waals surface area contributed by atoms with E-state index in [9.17, 15) is 14.3 Å². The molecule has 0 aromatic heterocycles. The molecule has 0 aromatic carbocycles. The summed E-state index contributed by atoms with van der Waals surface area (Å²) >= 11 is 0. The largest absolute Gasteiger partial charge is 0.393 e. The summed E-state index contributed by atoms with van der Waals surface area (Å²) in [5.41, 5.74) is 2.89. The summed E-state index contributed by atoms with van der Waals surface area (Å²) in [7, 11) is 0. The van der Waals surface area contributed by atoms with E-state index in [1.807, 2.05) is 0 Å². The van der Waals surface area contributed by atoms with Gasteiger partial charge in [0.15, 0.2) is 5.83 Å². The summed E-state index contributed by atoms with van der Waals surface area (Å²) in [4.78, 5) is 12.6. The number of carbonyl (C=O) groups is 1. The van der Waals surface area contributed by atoms with Gasteiger partial charge in [-0.05, 0) is 74.0 Å². The minimum atomic E-state index is -0.573. The van der Waals surface area contributed by atoms with Gasteiger partial charge in [-0.3, -0.25) is 0 Å². The first kappa shape index (κ1) is 23.8. The van der Waals surface area contributed by atoms with Crippen LogP contribution in [0.15, 0.2) is 41.6 Å². The van der Waals surface area contributed by atoms with Crippen LogP contribution in [0.1, 0.15) is 65.2 Å². The van der Waals surface area contributed by atoms with Crippen LogP contribution >= 0.6 is 0 Å². The van der Waals surface area contributed by atoms with E-state index in [1.165, 1.54) is 37.5 Å². The zero-order valence-electron chi connectivity index (χ0n) is 18.9. The third-order valence-electron chi connectivity index (χ3n) is 7.54. The van der Waals surface area contributed by atoms with Crippen molar-refractivity contribution in [1.29, 1.82) is 0 Å². The highest BCUT2D eigenvalue weighted by Gasteiger charge is 2.40. The SMILES string of the molecule is C=[N+](C(=O)CCC(O)C(C)C1CCCC2CCC(CC)OCC21)C1=CC=C=CC=C1F. The number of nitrogens with zero attached hydrogens (tertiary/aromatic N) is 1. The van der Waals surface area contributed by atoms with Crippen LogP contribution in [0.4, 0.5) is 4.39 Å². The number of allylic oxidation sites excluding steroid dienone is 4. The monoisotopic (exact) mass is 430 g/mol. The van der Waals surface area contributed by atoms with Gasteiger partial charge >= 0.3 is 5.91 Å². The van der Waals surface area contributed by atoms with Crippen molar-refractivity contribution in [1.82, 2.24) is 0 Å². The molecule has 0 aromatic rings. The molecule has 6 atom stereocenters. The van der Waals surface area contributed by atoms with Crippen molar-refractivity contribution in [2.24, 2.45) is 23.7 Å². The lowest BCUT2D eigenvalue weighted by molar-refractivity contribution is -0.391. The maximum Gasteiger partial charge on any atom is 0.392 e. The smallest absolute Gasteiger partial charge is 0.392 e. The van der Waals surface area contributed by atoms with Gasteiger partial charge in [-0.25, -0.2) is 4.79 Å². The quantitative estimate of drug-likeness (QED) is 0.348. The molecule has 0 spiro atoms. The number of halogens is 1. The Labute approximate surface area is 185 Å². The highest BCUT2D eigenvalue weighted by Crippen LogP contribution is 2.44. The van der Waals surface area contributed by atoms with Gasteiger partial charge in [-0.15, -0.1) is 10.3 Å². The Morgan fingerprint density at radius 3 is 2.87 bits per heavy atom. The first-order chi connectivity index (χ1) is 14.9. The molecule has 5 heteroatoms. The molecule has 2 aliphatic carbocycles. The summed E-state index contributed by atoms with van der Waals surface area (Å²) in [6.45, 7) is 8.81. The van der Waals surface area contributed by atoms with Gasteiger partial charge in [-0.2, -0.15) is 4.39 Å². The van der Waals surface area contributed by atoms with Crippen LogP contribution < -0.4 is 0 Å². The highest BCUT2D eigenvalue weighted by atomic mass is 19.1. The molecular formula is C26H37FNO3+. The fourth-order valence-electron chi connectivity index (χ4n) is 5.49. The molecule has 2 fully saturated rings. The Hall–Kier alpha value is -1.81. The molecule has 4 nitrogen and oxygen atoms in total. The Bertz CT molecular complexity index is 792. The number of hydrogen-bond donors (Lipinski definition) is 1. The lowest BCUT2D eigenvalue weighted by atomic mass is 9.65. The van der Waals surface area contributed by atoms with E-state index < -0.39 is 11.9 Å². The van der Waals surface area contributed by atoms with Gasteiger partial charge in [0.2, 0.25) is 5.70 Å². The average molecular weight is 431 g/mol. The lowest BCUT2D eigenvalue weighted by Gasteiger charge is -2.41. The van der Waals surface area contributed by atoms with Gasteiger partial charge in [0.25, 0.3) is 0 Å². The van der Waals surface area contributed by atoms with Crippen molar-refractivity contribution in [3.8, 4) is 0 Å². The summed E-state index contributed by atoms with van der Waals surface area (Å²) in [6, 6.07) is 0. The molecule has 0 radical (unpaired) electrons. The molecular weight excluding hydrogens is 393 g/mol. The third kappa shape index (κ3) is 5.91. The van der Waals surface area contributed by atoms with Gasteiger partial charge in [0.1, 0.15) is 6.72 Å². The Morgan fingerprint density at radius 2 is 2.10 bits per heavy atom. The van der Waals surface area contributed by atoms with E-state index in [1.54, 1.807) is 6.08 Å². The summed E-state index contributed by atoms with van der Waals surface area (Å²) in [5, 5.41) is 10.9. The maximum atomic E-state index is 14.1. The van der Waals surface area contributed by atoms with Crippen LogP contribution in [0.25, 0.3) is 0 Å². The van der Waals surface area contributed by atoms with Gasteiger partial charge in [0, 0.05) is 6.08 Å². The number of aliphatic hydroxyl groups is 1. The minimum Gasteiger partial charge on any atom is -0.393 e. The van der Waals surface area contributed by atoms with Crippen LogP contribution in [-0.4, -0.2) is 41.1 Å². The fraction of sp³-hybridized carbons (Fsp3) is 0.654. The molecule has 1 heterocycles. The standard InChI is InChI=1S/C26H37FNO3/c1-4-20-14-13-19-9-8-10-21(22(19)17-31-20)18(2)25(29)15-16-26(30)28(3)24-12-7-5-6-11-23(24)27/h6-7,11-12,18-22,25,29H,3-4,8-10,13-17H2,1-2H3/q+1. The van der Waals surface area contributed by atoms with Crippen molar-refractivity contribution in [2.45, 2.75) is 77.4 Å². The topological polar surface area (TPSA) is 49.5 Å². The molecule has 1 N–H and O–H groups in total. The van der Waals surface area contributed by atoms with E-state index in [2.05, 4.69) is 26.3 Å². The van der Waals surface area contributed by atoms with Crippen LogP contribution in [0, 0.1) is 23.7 Å². The van der Waals surface area contributed by atoms with E-state index >= 15 is 0 Å². The highest BCUT2D eigenvalue weighted by molar-refractivity contribution is 5.70. The van der Waals surface area contributed by atoms with Gasteiger partial charge in [-0.1, -0.05) is 26.7 Å².